The standard InChI is InChI=1S/C21H28BrNO4S/c1-27-20(24)10-5-3-2-4-9-19-15-11-12-16(13-15)21(19)23-28(25,26)18-8-6-7-17(22)14-18/h2,4,6-8,14-16,19,21,23H,3,5,9-13H2,1H3/b4-2-/t15-,16+,19+,21+/m0/s1. The van der Waals surface area contributed by atoms with Gasteiger partial charge >= 0.3 is 5.97 Å². The molecule has 0 spiro atoms. The number of esters is 1. The normalized spacial score (nSPS) is 26.8. The largest absolute Gasteiger partial charge is 0.469 e. The first-order chi connectivity index (χ1) is 13.4. The summed E-state index contributed by atoms with van der Waals surface area (Å²) in [5.74, 6) is 1.20. The number of carbonyl (C=O) groups is 1. The van der Waals surface area contributed by atoms with Crippen LogP contribution in [0, 0.1) is 17.8 Å². The number of rotatable bonds is 9. The number of nitrogens with one attached hydrogen (secondary N) is 1. The zero-order chi connectivity index (χ0) is 20.1. The minimum Gasteiger partial charge on any atom is -0.469 e. The highest BCUT2D eigenvalue weighted by molar-refractivity contribution is 9.10. The molecule has 1 aromatic carbocycles. The van der Waals surface area contributed by atoms with E-state index in [0.717, 1.165) is 36.6 Å². The quantitative estimate of drug-likeness (QED) is 0.329. The number of ether oxygens (including phenoxy) is 1. The molecule has 7 heteroatoms. The zero-order valence-electron chi connectivity index (χ0n) is 16.1. The third-order valence-electron chi connectivity index (χ3n) is 6.04. The van der Waals surface area contributed by atoms with Crippen molar-refractivity contribution in [3.63, 3.8) is 0 Å². The average Bonchev–Trinajstić information content (AvgIpc) is 3.26. The smallest absolute Gasteiger partial charge is 0.305 e. The van der Waals surface area contributed by atoms with Crippen LogP contribution in [-0.4, -0.2) is 27.5 Å². The van der Waals surface area contributed by atoms with Gasteiger partial charge in [0.15, 0.2) is 0 Å². The van der Waals surface area contributed by atoms with Crippen LogP contribution >= 0.6 is 15.9 Å². The molecule has 3 rings (SSSR count). The highest BCUT2D eigenvalue weighted by Gasteiger charge is 2.48. The molecule has 5 nitrogen and oxygen atoms in total. The highest BCUT2D eigenvalue weighted by Crippen LogP contribution is 2.50. The molecule has 0 heterocycles. The van der Waals surface area contributed by atoms with E-state index >= 15 is 0 Å². The Morgan fingerprint density at radius 2 is 2.07 bits per heavy atom. The van der Waals surface area contributed by atoms with E-state index in [1.54, 1.807) is 18.2 Å². The van der Waals surface area contributed by atoms with E-state index in [1.807, 2.05) is 6.07 Å². The molecular weight excluding hydrogens is 442 g/mol. The second-order valence-electron chi connectivity index (χ2n) is 7.78. The van der Waals surface area contributed by atoms with Gasteiger partial charge in [0.1, 0.15) is 0 Å². The SMILES string of the molecule is COC(=O)CCC/C=C\C[C@@H]1[C@H]2CC[C@H](C2)[C@H]1NS(=O)(=O)c1cccc(Br)c1. The fraction of sp³-hybridized carbons (Fsp3) is 0.571. The first kappa shape index (κ1) is 21.5. The van der Waals surface area contributed by atoms with Crippen molar-refractivity contribution in [1.29, 1.82) is 0 Å². The summed E-state index contributed by atoms with van der Waals surface area (Å²) in [6, 6.07) is 6.85. The molecule has 0 unspecified atom stereocenters. The summed E-state index contributed by atoms with van der Waals surface area (Å²) in [5, 5.41) is 0. The van der Waals surface area contributed by atoms with Gasteiger partial charge in [-0.3, -0.25) is 4.79 Å². The second-order valence-corrected chi connectivity index (χ2v) is 10.4. The Hall–Kier alpha value is -1.18. The van der Waals surface area contributed by atoms with E-state index in [-0.39, 0.29) is 12.0 Å². The molecule has 0 amide bonds. The van der Waals surface area contributed by atoms with E-state index in [1.165, 1.54) is 13.5 Å². The molecule has 2 fully saturated rings. The Kier molecular flexibility index (Phi) is 7.34. The van der Waals surface area contributed by atoms with E-state index in [9.17, 15) is 13.2 Å². The molecule has 1 N–H and O–H groups in total. The van der Waals surface area contributed by atoms with Crippen LogP contribution in [-0.2, 0) is 19.6 Å². The van der Waals surface area contributed by atoms with Crippen LogP contribution in [0.15, 0.2) is 45.8 Å². The molecule has 2 aliphatic carbocycles. The number of benzene rings is 1. The molecule has 154 valence electrons. The molecular formula is C21H28BrNO4S. The fourth-order valence-corrected chi connectivity index (χ4v) is 6.60. The van der Waals surface area contributed by atoms with Crippen LogP contribution in [0.1, 0.15) is 44.9 Å². The van der Waals surface area contributed by atoms with Gasteiger partial charge in [-0.2, -0.15) is 0 Å². The minimum atomic E-state index is -3.53. The average molecular weight is 470 g/mol. The number of sulfonamides is 1. The molecule has 28 heavy (non-hydrogen) atoms. The van der Waals surface area contributed by atoms with Gasteiger partial charge in [-0.25, -0.2) is 13.1 Å². The van der Waals surface area contributed by atoms with E-state index < -0.39 is 10.0 Å². The van der Waals surface area contributed by atoms with Gasteiger partial charge in [-0.15, -0.1) is 0 Å². The summed E-state index contributed by atoms with van der Waals surface area (Å²) < 4.78 is 34.2. The molecule has 0 radical (unpaired) electrons. The third kappa shape index (κ3) is 5.24. The minimum absolute atomic E-state index is 0.00227. The van der Waals surface area contributed by atoms with Crippen LogP contribution in [0.4, 0.5) is 0 Å². The van der Waals surface area contributed by atoms with E-state index in [0.29, 0.717) is 29.1 Å². The lowest BCUT2D eigenvalue weighted by Gasteiger charge is -2.31. The van der Waals surface area contributed by atoms with Gasteiger partial charge in [0.2, 0.25) is 10.0 Å². The number of methoxy groups -OCH3 is 1. The first-order valence-corrected chi connectivity index (χ1v) is 12.2. The van der Waals surface area contributed by atoms with Crippen LogP contribution in [0.2, 0.25) is 0 Å². The Morgan fingerprint density at radius 3 is 2.82 bits per heavy atom. The Bertz CT molecular complexity index is 823. The molecule has 2 bridgehead atoms. The lowest BCUT2D eigenvalue weighted by atomic mass is 9.83. The van der Waals surface area contributed by atoms with Gasteiger partial charge in [-0.1, -0.05) is 34.1 Å². The van der Waals surface area contributed by atoms with Gasteiger partial charge in [0.05, 0.1) is 12.0 Å². The zero-order valence-corrected chi connectivity index (χ0v) is 18.5. The third-order valence-corrected chi connectivity index (χ3v) is 7.99. The van der Waals surface area contributed by atoms with Crippen molar-refractivity contribution in [1.82, 2.24) is 4.72 Å². The number of halogens is 1. The monoisotopic (exact) mass is 469 g/mol. The van der Waals surface area contributed by atoms with Crippen molar-refractivity contribution >= 4 is 31.9 Å². The van der Waals surface area contributed by atoms with Gasteiger partial charge < -0.3 is 4.74 Å². The topological polar surface area (TPSA) is 72.5 Å². The van der Waals surface area contributed by atoms with Crippen LogP contribution < -0.4 is 4.72 Å². The lowest BCUT2D eigenvalue weighted by molar-refractivity contribution is -0.140. The maximum atomic E-state index is 12.9. The summed E-state index contributed by atoms with van der Waals surface area (Å²) in [4.78, 5) is 11.4. The number of fused-ring (bicyclic) bond motifs is 2. The Morgan fingerprint density at radius 1 is 1.29 bits per heavy atom. The molecule has 0 saturated heterocycles. The molecule has 1 aromatic rings. The summed E-state index contributed by atoms with van der Waals surface area (Å²) in [6.07, 6.45) is 10.6. The van der Waals surface area contributed by atoms with Gasteiger partial charge in [0, 0.05) is 16.9 Å². The Balaban J connectivity index is 1.59. The van der Waals surface area contributed by atoms with Gasteiger partial charge in [-0.05, 0) is 74.5 Å². The maximum Gasteiger partial charge on any atom is 0.305 e. The van der Waals surface area contributed by atoms with Crippen LogP contribution in [0.3, 0.4) is 0 Å². The van der Waals surface area contributed by atoms with Crippen molar-refractivity contribution in [3.05, 3.63) is 40.9 Å². The predicted molar refractivity (Wildman–Crippen MR) is 112 cm³/mol. The summed E-state index contributed by atoms with van der Waals surface area (Å²) in [7, 11) is -2.12. The molecule has 2 saturated carbocycles. The summed E-state index contributed by atoms with van der Waals surface area (Å²) in [5.41, 5.74) is 0. The summed E-state index contributed by atoms with van der Waals surface area (Å²) in [6.45, 7) is 0. The molecule has 2 aliphatic rings. The van der Waals surface area contributed by atoms with Crippen LogP contribution in [0.5, 0.6) is 0 Å². The van der Waals surface area contributed by atoms with Crippen molar-refractivity contribution < 1.29 is 17.9 Å². The van der Waals surface area contributed by atoms with E-state index in [4.69, 9.17) is 0 Å². The van der Waals surface area contributed by atoms with Crippen molar-refractivity contribution in [2.24, 2.45) is 17.8 Å². The van der Waals surface area contributed by atoms with Crippen molar-refractivity contribution in [3.8, 4) is 0 Å². The van der Waals surface area contributed by atoms with Crippen molar-refractivity contribution in [2.75, 3.05) is 7.11 Å². The summed E-state index contributed by atoms with van der Waals surface area (Å²) >= 11 is 3.35. The second kappa shape index (κ2) is 9.55. The van der Waals surface area contributed by atoms with Crippen molar-refractivity contribution in [2.45, 2.75) is 55.9 Å². The van der Waals surface area contributed by atoms with E-state index in [2.05, 4.69) is 37.5 Å². The number of carbonyl (C=O) groups excluding carboxylic acids is 1. The first-order valence-electron chi connectivity index (χ1n) is 9.90. The molecule has 0 aliphatic heterocycles. The number of hydrogen-bond donors (Lipinski definition) is 1. The fourth-order valence-electron chi connectivity index (χ4n) is 4.65. The lowest BCUT2D eigenvalue weighted by Crippen LogP contribution is -2.43. The highest BCUT2D eigenvalue weighted by atomic mass is 79.9. The van der Waals surface area contributed by atoms with Crippen LogP contribution in [0.25, 0.3) is 0 Å². The molecule has 4 atom stereocenters. The number of hydrogen-bond acceptors (Lipinski definition) is 4. The number of allylic oxidation sites excluding steroid dienone is 2. The Labute approximate surface area is 176 Å². The maximum absolute atomic E-state index is 12.9. The predicted octanol–water partition coefficient (Wildman–Crippen LogP) is 4.43. The number of unbranched alkanes of at least 4 members (excludes halogenated alkanes) is 1. The van der Waals surface area contributed by atoms with Gasteiger partial charge in [0.25, 0.3) is 0 Å². The molecule has 0 aromatic heterocycles.